The molecule has 0 aliphatic rings. The van der Waals surface area contributed by atoms with Gasteiger partial charge in [-0.15, -0.1) is 0 Å². The van der Waals surface area contributed by atoms with Crippen molar-refractivity contribution in [3.63, 3.8) is 0 Å². The maximum absolute atomic E-state index is 12.6. The fourth-order valence-electron chi connectivity index (χ4n) is 1.15. The maximum atomic E-state index is 12.6. The van der Waals surface area contributed by atoms with E-state index in [2.05, 4.69) is 15.4 Å². The summed E-state index contributed by atoms with van der Waals surface area (Å²) in [5.41, 5.74) is 1.24. The third-order valence-corrected chi connectivity index (χ3v) is 2.67. The molecule has 5 nitrogen and oxygen atoms in total. The highest BCUT2D eigenvalue weighted by molar-refractivity contribution is 7.99. The van der Waals surface area contributed by atoms with E-state index in [9.17, 15) is 13.2 Å². The SMILES string of the molecule is NNc1cc(C(F)(F)F)cc(Sc2ncco2)n1. The van der Waals surface area contributed by atoms with Crippen molar-refractivity contribution in [3.8, 4) is 0 Å². The summed E-state index contributed by atoms with van der Waals surface area (Å²) in [4.78, 5) is 7.65. The Labute approximate surface area is 104 Å². The Balaban J connectivity index is 2.35. The molecule has 0 fully saturated rings. The molecule has 2 rings (SSSR count). The second kappa shape index (κ2) is 4.86. The maximum Gasteiger partial charge on any atom is 0.416 e. The first-order valence-corrected chi connectivity index (χ1v) is 5.44. The number of nitrogens with zero attached hydrogens (tertiary/aromatic N) is 2. The Bertz CT molecular complexity index is 529. The van der Waals surface area contributed by atoms with Gasteiger partial charge in [0.15, 0.2) is 0 Å². The number of rotatable bonds is 3. The molecule has 0 amide bonds. The van der Waals surface area contributed by atoms with Crippen molar-refractivity contribution < 1.29 is 17.6 Å². The van der Waals surface area contributed by atoms with Gasteiger partial charge >= 0.3 is 6.18 Å². The van der Waals surface area contributed by atoms with Gasteiger partial charge in [-0.05, 0) is 23.9 Å². The van der Waals surface area contributed by atoms with Gasteiger partial charge in [-0.1, -0.05) is 0 Å². The standard InChI is InChI=1S/C9H7F3N4OS/c10-9(11,12)5-3-6(16-13)15-7(4-5)18-8-14-1-2-17-8/h1-4H,13H2,(H,15,16). The first kappa shape index (κ1) is 12.7. The van der Waals surface area contributed by atoms with Crippen molar-refractivity contribution in [1.82, 2.24) is 9.97 Å². The Kier molecular flexibility index (Phi) is 3.43. The minimum absolute atomic E-state index is 0.0835. The van der Waals surface area contributed by atoms with Gasteiger partial charge in [0, 0.05) is 0 Å². The highest BCUT2D eigenvalue weighted by Crippen LogP contribution is 2.34. The predicted molar refractivity (Wildman–Crippen MR) is 57.7 cm³/mol. The van der Waals surface area contributed by atoms with E-state index in [1.807, 2.05) is 0 Å². The monoisotopic (exact) mass is 276 g/mol. The summed E-state index contributed by atoms with van der Waals surface area (Å²) >= 11 is 0.870. The van der Waals surface area contributed by atoms with Gasteiger partial charge in [-0.2, -0.15) is 13.2 Å². The van der Waals surface area contributed by atoms with E-state index in [4.69, 9.17) is 10.3 Å². The van der Waals surface area contributed by atoms with E-state index in [0.717, 1.165) is 23.9 Å². The number of hydrogen-bond acceptors (Lipinski definition) is 6. The number of anilines is 1. The van der Waals surface area contributed by atoms with Crippen LogP contribution in [-0.4, -0.2) is 9.97 Å². The Hall–Kier alpha value is -1.74. The lowest BCUT2D eigenvalue weighted by molar-refractivity contribution is -0.137. The van der Waals surface area contributed by atoms with Gasteiger partial charge < -0.3 is 9.84 Å². The van der Waals surface area contributed by atoms with Crippen molar-refractivity contribution in [2.45, 2.75) is 16.4 Å². The minimum Gasteiger partial charge on any atom is -0.440 e. The predicted octanol–water partition coefficient (Wildman–Crippen LogP) is 2.53. The summed E-state index contributed by atoms with van der Waals surface area (Å²) in [5, 5.41) is 0.282. The van der Waals surface area contributed by atoms with E-state index < -0.39 is 11.7 Å². The van der Waals surface area contributed by atoms with Gasteiger partial charge in [0.25, 0.3) is 5.22 Å². The molecule has 18 heavy (non-hydrogen) atoms. The van der Waals surface area contributed by atoms with Crippen molar-refractivity contribution in [1.29, 1.82) is 0 Å². The van der Waals surface area contributed by atoms with Crippen molar-refractivity contribution in [2.24, 2.45) is 5.84 Å². The van der Waals surface area contributed by atoms with Gasteiger partial charge in [0.05, 0.1) is 11.8 Å². The number of nitrogens with one attached hydrogen (secondary N) is 1. The van der Waals surface area contributed by atoms with Crippen LogP contribution in [0.15, 0.2) is 39.3 Å². The van der Waals surface area contributed by atoms with Crippen LogP contribution in [-0.2, 0) is 6.18 Å². The molecule has 0 aliphatic carbocycles. The summed E-state index contributed by atoms with van der Waals surface area (Å²) in [5.74, 6) is 4.99. The van der Waals surface area contributed by atoms with E-state index in [0.29, 0.717) is 0 Å². The summed E-state index contributed by atoms with van der Waals surface area (Å²) in [6, 6.07) is 1.72. The molecule has 2 heterocycles. The molecule has 96 valence electrons. The highest BCUT2D eigenvalue weighted by atomic mass is 32.2. The number of aromatic nitrogens is 2. The molecule has 0 spiro atoms. The van der Waals surface area contributed by atoms with Gasteiger partial charge in [0.2, 0.25) is 0 Å². The van der Waals surface area contributed by atoms with E-state index in [-0.39, 0.29) is 16.1 Å². The zero-order valence-corrected chi connectivity index (χ0v) is 9.55. The zero-order valence-electron chi connectivity index (χ0n) is 8.73. The molecule has 0 bridgehead atoms. The zero-order chi connectivity index (χ0) is 13.2. The fourth-order valence-corrected chi connectivity index (χ4v) is 1.87. The van der Waals surface area contributed by atoms with Gasteiger partial charge in [-0.3, -0.25) is 0 Å². The smallest absolute Gasteiger partial charge is 0.416 e. The lowest BCUT2D eigenvalue weighted by atomic mass is 10.2. The molecule has 0 radical (unpaired) electrons. The third-order valence-electron chi connectivity index (χ3n) is 1.88. The van der Waals surface area contributed by atoms with E-state index >= 15 is 0 Å². The van der Waals surface area contributed by atoms with Crippen LogP contribution in [0.1, 0.15) is 5.56 Å². The van der Waals surface area contributed by atoms with Crippen LogP contribution in [0.25, 0.3) is 0 Å². The number of hydrazine groups is 1. The summed E-state index contributed by atoms with van der Waals surface area (Å²) < 4.78 is 42.8. The topological polar surface area (TPSA) is 77.0 Å². The Morgan fingerprint density at radius 1 is 1.33 bits per heavy atom. The average molecular weight is 276 g/mol. The fraction of sp³-hybridized carbons (Fsp3) is 0.111. The largest absolute Gasteiger partial charge is 0.440 e. The summed E-state index contributed by atoms with van der Waals surface area (Å²) in [6.45, 7) is 0. The molecular weight excluding hydrogens is 269 g/mol. The number of pyridine rings is 1. The normalized spacial score (nSPS) is 11.6. The van der Waals surface area contributed by atoms with Crippen molar-refractivity contribution >= 4 is 17.6 Å². The van der Waals surface area contributed by atoms with Crippen LogP contribution in [0.5, 0.6) is 0 Å². The summed E-state index contributed by atoms with van der Waals surface area (Å²) in [6.07, 6.45) is -1.77. The quantitative estimate of drug-likeness (QED) is 0.662. The van der Waals surface area contributed by atoms with Crippen molar-refractivity contribution in [3.05, 3.63) is 30.2 Å². The highest BCUT2D eigenvalue weighted by Gasteiger charge is 2.31. The summed E-state index contributed by atoms with van der Waals surface area (Å²) in [7, 11) is 0. The third kappa shape index (κ3) is 2.93. The molecule has 0 atom stereocenters. The van der Waals surface area contributed by atoms with Gasteiger partial charge in [-0.25, -0.2) is 15.8 Å². The number of hydrogen-bond donors (Lipinski definition) is 2. The molecule has 0 saturated carbocycles. The van der Waals surface area contributed by atoms with Crippen LogP contribution in [0, 0.1) is 0 Å². The van der Waals surface area contributed by atoms with Crippen LogP contribution in [0.2, 0.25) is 0 Å². The lowest BCUT2D eigenvalue weighted by Crippen LogP contribution is -2.12. The number of halogens is 3. The molecule has 0 saturated heterocycles. The molecule has 2 aromatic rings. The average Bonchev–Trinajstić information content (AvgIpc) is 2.80. The second-order valence-corrected chi connectivity index (χ2v) is 4.09. The first-order valence-electron chi connectivity index (χ1n) is 4.62. The van der Waals surface area contributed by atoms with E-state index in [1.54, 1.807) is 0 Å². The van der Waals surface area contributed by atoms with Crippen LogP contribution in [0.3, 0.4) is 0 Å². The molecule has 3 N–H and O–H groups in total. The number of alkyl halides is 3. The van der Waals surface area contributed by atoms with Crippen LogP contribution < -0.4 is 11.3 Å². The Morgan fingerprint density at radius 3 is 2.67 bits per heavy atom. The van der Waals surface area contributed by atoms with Crippen LogP contribution in [0.4, 0.5) is 19.0 Å². The van der Waals surface area contributed by atoms with Crippen LogP contribution >= 0.6 is 11.8 Å². The van der Waals surface area contributed by atoms with Gasteiger partial charge in [0.1, 0.15) is 17.1 Å². The molecular formula is C9H7F3N4OS. The van der Waals surface area contributed by atoms with E-state index in [1.165, 1.54) is 12.5 Å². The lowest BCUT2D eigenvalue weighted by Gasteiger charge is -2.09. The number of oxazole rings is 1. The number of nitrogen functional groups attached to an aromatic ring is 1. The van der Waals surface area contributed by atoms with Crippen molar-refractivity contribution in [2.75, 3.05) is 5.43 Å². The molecule has 2 aromatic heterocycles. The molecule has 9 heteroatoms. The first-order chi connectivity index (χ1) is 8.49. The molecule has 0 aliphatic heterocycles. The molecule has 0 unspecified atom stereocenters. The number of nitrogens with two attached hydrogens (primary N) is 1. The molecule has 0 aromatic carbocycles. The second-order valence-electron chi connectivity index (χ2n) is 3.12. The Morgan fingerprint density at radius 2 is 2.11 bits per heavy atom. The minimum atomic E-state index is -4.47.